The third kappa shape index (κ3) is 3.81. The second-order valence-corrected chi connectivity index (χ2v) is 6.48. The van der Waals surface area contributed by atoms with Crippen molar-refractivity contribution in [3.63, 3.8) is 0 Å². The molecule has 1 heterocycles. The van der Waals surface area contributed by atoms with Crippen LogP contribution in [0.3, 0.4) is 0 Å². The fraction of sp³-hybridized carbons (Fsp3) is 0.143. The molecule has 1 unspecified atom stereocenters. The molecule has 0 aliphatic carbocycles. The fourth-order valence-electron chi connectivity index (χ4n) is 1.84. The molecule has 0 spiro atoms. The SMILES string of the molecule is O=C(O)C(Cc1ccc(Br)cc1)c1ncc(Br)cc1Cl. The van der Waals surface area contributed by atoms with Gasteiger partial charge in [-0.05, 0) is 46.1 Å². The van der Waals surface area contributed by atoms with Gasteiger partial charge < -0.3 is 5.11 Å². The van der Waals surface area contributed by atoms with Crippen molar-refractivity contribution < 1.29 is 9.90 Å². The number of hydrogen-bond acceptors (Lipinski definition) is 2. The first-order valence-corrected chi connectivity index (χ1v) is 7.72. The molecule has 0 aliphatic rings. The lowest BCUT2D eigenvalue weighted by atomic mass is 9.96. The summed E-state index contributed by atoms with van der Waals surface area (Å²) in [7, 11) is 0. The zero-order valence-corrected chi connectivity index (χ0v) is 14.1. The second-order valence-electron chi connectivity index (χ2n) is 4.24. The van der Waals surface area contributed by atoms with Gasteiger partial charge in [0.1, 0.15) is 5.92 Å². The average molecular weight is 420 g/mol. The summed E-state index contributed by atoms with van der Waals surface area (Å²) in [6.45, 7) is 0. The van der Waals surface area contributed by atoms with Crippen molar-refractivity contribution >= 4 is 49.4 Å². The second kappa shape index (κ2) is 6.70. The Morgan fingerprint density at radius 1 is 1.25 bits per heavy atom. The van der Waals surface area contributed by atoms with E-state index in [2.05, 4.69) is 36.8 Å². The van der Waals surface area contributed by atoms with Gasteiger partial charge in [-0.15, -0.1) is 0 Å². The van der Waals surface area contributed by atoms with Crippen molar-refractivity contribution in [2.45, 2.75) is 12.3 Å². The minimum absolute atomic E-state index is 0.344. The number of carboxylic acids is 1. The predicted octanol–water partition coefficient (Wildman–Crippen LogP) is 4.67. The third-order valence-corrected chi connectivity index (χ3v) is 4.08. The molecule has 104 valence electrons. The normalized spacial score (nSPS) is 12.2. The van der Waals surface area contributed by atoms with Crippen molar-refractivity contribution in [2.75, 3.05) is 0 Å². The molecule has 0 saturated carbocycles. The highest BCUT2D eigenvalue weighted by Gasteiger charge is 2.24. The molecular weight excluding hydrogens is 409 g/mol. The molecule has 2 rings (SSSR count). The van der Waals surface area contributed by atoms with Crippen LogP contribution in [0, 0.1) is 0 Å². The van der Waals surface area contributed by atoms with Crippen molar-refractivity contribution in [1.29, 1.82) is 0 Å². The summed E-state index contributed by atoms with van der Waals surface area (Å²) in [6.07, 6.45) is 1.90. The van der Waals surface area contributed by atoms with Crippen LogP contribution in [0.5, 0.6) is 0 Å². The average Bonchev–Trinajstić information content (AvgIpc) is 2.39. The Morgan fingerprint density at radius 2 is 1.90 bits per heavy atom. The van der Waals surface area contributed by atoms with Gasteiger partial charge in [-0.3, -0.25) is 9.78 Å². The van der Waals surface area contributed by atoms with Gasteiger partial charge in [-0.1, -0.05) is 39.7 Å². The Balaban J connectivity index is 2.31. The largest absolute Gasteiger partial charge is 0.481 e. The quantitative estimate of drug-likeness (QED) is 0.784. The number of aromatic nitrogens is 1. The van der Waals surface area contributed by atoms with Gasteiger partial charge in [0.05, 0.1) is 10.7 Å². The molecule has 0 aliphatic heterocycles. The molecule has 0 bridgehead atoms. The minimum atomic E-state index is -0.940. The van der Waals surface area contributed by atoms with E-state index in [0.29, 0.717) is 17.1 Å². The fourth-order valence-corrected chi connectivity index (χ4v) is 2.86. The van der Waals surface area contributed by atoms with E-state index in [9.17, 15) is 9.90 Å². The Kier molecular flexibility index (Phi) is 5.18. The third-order valence-electron chi connectivity index (χ3n) is 2.82. The van der Waals surface area contributed by atoms with Crippen LogP contribution in [-0.2, 0) is 11.2 Å². The molecule has 0 amide bonds. The van der Waals surface area contributed by atoms with E-state index < -0.39 is 11.9 Å². The highest BCUT2D eigenvalue weighted by atomic mass is 79.9. The molecule has 2 aromatic rings. The van der Waals surface area contributed by atoms with Crippen LogP contribution >= 0.6 is 43.5 Å². The molecule has 3 nitrogen and oxygen atoms in total. The van der Waals surface area contributed by atoms with E-state index in [4.69, 9.17) is 11.6 Å². The smallest absolute Gasteiger partial charge is 0.312 e. The first-order chi connectivity index (χ1) is 9.47. The summed E-state index contributed by atoms with van der Waals surface area (Å²) in [6, 6.07) is 9.18. The number of nitrogens with zero attached hydrogens (tertiary/aromatic N) is 1. The standard InChI is InChI=1S/C14H10Br2ClNO2/c15-9-3-1-8(2-4-9)5-11(14(19)20)13-12(17)6-10(16)7-18-13/h1-4,6-7,11H,5H2,(H,19,20). The van der Waals surface area contributed by atoms with Crippen LogP contribution in [0.1, 0.15) is 17.2 Å². The summed E-state index contributed by atoms with van der Waals surface area (Å²) in [4.78, 5) is 15.6. The molecule has 0 saturated heterocycles. The van der Waals surface area contributed by atoms with E-state index in [0.717, 1.165) is 14.5 Å². The lowest BCUT2D eigenvalue weighted by molar-refractivity contribution is -0.138. The Hall–Kier alpha value is -0.910. The van der Waals surface area contributed by atoms with Gasteiger partial charge in [0.25, 0.3) is 0 Å². The van der Waals surface area contributed by atoms with Crippen molar-refractivity contribution in [1.82, 2.24) is 4.98 Å². The highest BCUT2D eigenvalue weighted by Crippen LogP contribution is 2.28. The number of pyridine rings is 1. The van der Waals surface area contributed by atoms with Crippen LogP contribution in [0.25, 0.3) is 0 Å². The van der Waals surface area contributed by atoms with Crippen LogP contribution < -0.4 is 0 Å². The van der Waals surface area contributed by atoms with Gasteiger partial charge in [0.15, 0.2) is 0 Å². The zero-order chi connectivity index (χ0) is 14.7. The summed E-state index contributed by atoms with van der Waals surface area (Å²) in [5.41, 5.74) is 1.30. The monoisotopic (exact) mass is 417 g/mol. The molecule has 1 N–H and O–H groups in total. The summed E-state index contributed by atoms with van der Waals surface area (Å²) >= 11 is 12.7. The molecule has 1 aromatic carbocycles. The van der Waals surface area contributed by atoms with E-state index in [1.165, 1.54) is 0 Å². The van der Waals surface area contributed by atoms with E-state index >= 15 is 0 Å². The first kappa shape index (κ1) is 15.5. The molecule has 0 fully saturated rings. The zero-order valence-electron chi connectivity index (χ0n) is 10.2. The lowest BCUT2D eigenvalue weighted by Gasteiger charge is -2.13. The first-order valence-electron chi connectivity index (χ1n) is 5.75. The Bertz CT molecular complexity index is 632. The number of halogens is 3. The molecular formula is C14H10Br2ClNO2. The topological polar surface area (TPSA) is 50.2 Å². The summed E-state index contributed by atoms with van der Waals surface area (Å²) in [5, 5.41) is 9.77. The maximum atomic E-state index is 11.5. The van der Waals surface area contributed by atoms with E-state index in [1.54, 1.807) is 12.3 Å². The van der Waals surface area contributed by atoms with Crippen molar-refractivity contribution in [2.24, 2.45) is 0 Å². The summed E-state index contributed by atoms with van der Waals surface area (Å²) in [5.74, 6) is -1.71. The molecule has 0 radical (unpaired) electrons. The maximum Gasteiger partial charge on any atom is 0.312 e. The maximum absolute atomic E-state index is 11.5. The molecule has 6 heteroatoms. The molecule has 1 aromatic heterocycles. The number of carbonyl (C=O) groups is 1. The summed E-state index contributed by atoms with van der Waals surface area (Å²) < 4.78 is 1.67. The van der Waals surface area contributed by atoms with E-state index in [-0.39, 0.29) is 0 Å². The Morgan fingerprint density at radius 3 is 2.45 bits per heavy atom. The number of aliphatic carboxylic acids is 1. The van der Waals surface area contributed by atoms with Gasteiger partial charge in [-0.2, -0.15) is 0 Å². The lowest BCUT2D eigenvalue weighted by Crippen LogP contribution is -2.16. The highest BCUT2D eigenvalue weighted by molar-refractivity contribution is 9.10. The number of rotatable bonds is 4. The van der Waals surface area contributed by atoms with Gasteiger partial charge in [0, 0.05) is 15.1 Å². The number of hydrogen-bond donors (Lipinski definition) is 1. The van der Waals surface area contributed by atoms with Crippen LogP contribution in [-0.4, -0.2) is 16.1 Å². The van der Waals surface area contributed by atoms with Crippen molar-refractivity contribution in [3.05, 3.63) is 61.8 Å². The van der Waals surface area contributed by atoms with Gasteiger partial charge in [-0.25, -0.2) is 0 Å². The van der Waals surface area contributed by atoms with Gasteiger partial charge in [0.2, 0.25) is 0 Å². The van der Waals surface area contributed by atoms with Crippen LogP contribution in [0.15, 0.2) is 45.5 Å². The number of benzene rings is 1. The van der Waals surface area contributed by atoms with E-state index in [1.807, 2.05) is 24.3 Å². The Labute approximate surface area is 138 Å². The molecule has 1 atom stereocenters. The van der Waals surface area contributed by atoms with Crippen LogP contribution in [0.2, 0.25) is 5.02 Å². The molecule has 20 heavy (non-hydrogen) atoms. The predicted molar refractivity (Wildman–Crippen MR) is 85.2 cm³/mol. The minimum Gasteiger partial charge on any atom is -0.481 e. The number of carboxylic acid groups (broad SMARTS) is 1. The van der Waals surface area contributed by atoms with Crippen LogP contribution in [0.4, 0.5) is 0 Å². The van der Waals surface area contributed by atoms with Gasteiger partial charge >= 0.3 is 5.97 Å². The van der Waals surface area contributed by atoms with Crippen molar-refractivity contribution in [3.8, 4) is 0 Å².